The molecule has 0 nitrogen and oxygen atoms in total. The van der Waals surface area contributed by atoms with Gasteiger partial charge in [0, 0.05) is 0 Å². The molecule has 0 aromatic heterocycles. The number of hydrogen-bond donors (Lipinski definition) is 0. The second-order valence-corrected chi connectivity index (χ2v) is 3.31. The predicted molar refractivity (Wildman–Crippen MR) is 56.4 cm³/mol. The van der Waals surface area contributed by atoms with E-state index in [9.17, 15) is 0 Å². The van der Waals surface area contributed by atoms with Crippen LogP contribution < -0.4 is 0 Å². The average Bonchev–Trinajstić information content (AvgIpc) is 1.88. The monoisotopic (exact) mass is 250 g/mol. The molecular weight excluding hydrogens is 235 g/mol. The minimum Gasteiger partial charge on any atom is -0.0788 e. The lowest BCUT2D eigenvalue weighted by Gasteiger charge is -2.00. The number of allylic oxidation sites excluding steroid dienone is 3. The molecule has 0 aliphatic carbocycles. The summed E-state index contributed by atoms with van der Waals surface area (Å²) in [5.74, 6) is 0.715. The van der Waals surface area contributed by atoms with Crippen LogP contribution in [0.3, 0.4) is 0 Å². The van der Waals surface area contributed by atoms with Gasteiger partial charge in [0.2, 0.25) is 0 Å². The number of halogens is 1. The molecular formula is C9H15I. The van der Waals surface area contributed by atoms with E-state index in [0.29, 0.717) is 5.92 Å². The van der Waals surface area contributed by atoms with Crippen LogP contribution in [0.4, 0.5) is 0 Å². The van der Waals surface area contributed by atoms with Crippen LogP contribution in [0.1, 0.15) is 27.2 Å². The zero-order valence-electron chi connectivity index (χ0n) is 6.89. The van der Waals surface area contributed by atoms with Gasteiger partial charge in [-0.2, -0.15) is 0 Å². The molecule has 58 valence electrons. The molecule has 1 heteroatoms. The second kappa shape index (κ2) is 5.96. The van der Waals surface area contributed by atoms with E-state index in [1.807, 2.05) is 4.08 Å². The summed E-state index contributed by atoms with van der Waals surface area (Å²) >= 11 is 2.24. The first-order chi connectivity index (χ1) is 4.70. The Morgan fingerprint density at radius 1 is 1.60 bits per heavy atom. The van der Waals surface area contributed by atoms with Crippen molar-refractivity contribution >= 4 is 22.6 Å². The van der Waals surface area contributed by atoms with Crippen LogP contribution in [0, 0.1) is 5.92 Å². The van der Waals surface area contributed by atoms with E-state index in [1.54, 1.807) is 0 Å². The Hall–Kier alpha value is 0.210. The van der Waals surface area contributed by atoms with E-state index in [-0.39, 0.29) is 0 Å². The van der Waals surface area contributed by atoms with Crippen LogP contribution in [0.15, 0.2) is 21.8 Å². The van der Waals surface area contributed by atoms with E-state index in [4.69, 9.17) is 0 Å². The standard InChI is InChI=1S/C9H15I/c1-4-8(2)7-9(3)5-6-10/h5-8H,4H2,1-3H3/b6-5+,9-7+/t8-/m0/s1. The van der Waals surface area contributed by atoms with Crippen LogP contribution in [0.5, 0.6) is 0 Å². The molecule has 0 bridgehead atoms. The highest BCUT2D eigenvalue weighted by atomic mass is 127. The summed E-state index contributed by atoms with van der Waals surface area (Å²) in [6.07, 6.45) is 5.66. The normalized spacial score (nSPS) is 16.2. The summed E-state index contributed by atoms with van der Waals surface area (Å²) in [6.45, 7) is 6.59. The van der Waals surface area contributed by atoms with Gasteiger partial charge in [0.25, 0.3) is 0 Å². The highest BCUT2D eigenvalue weighted by molar-refractivity contribution is 14.1. The van der Waals surface area contributed by atoms with Gasteiger partial charge in [-0.05, 0) is 16.9 Å². The summed E-state index contributed by atoms with van der Waals surface area (Å²) in [6, 6.07) is 0. The molecule has 0 saturated heterocycles. The maximum Gasteiger partial charge on any atom is -0.0231 e. The Morgan fingerprint density at radius 2 is 2.20 bits per heavy atom. The maximum absolute atomic E-state index is 2.30. The molecule has 0 radical (unpaired) electrons. The van der Waals surface area contributed by atoms with E-state index in [2.05, 4.69) is 55.5 Å². The molecule has 0 heterocycles. The van der Waals surface area contributed by atoms with Crippen molar-refractivity contribution in [1.82, 2.24) is 0 Å². The van der Waals surface area contributed by atoms with Crippen molar-refractivity contribution in [2.75, 3.05) is 0 Å². The summed E-state index contributed by atoms with van der Waals surface area (Å²) in [5.41, 5.74) is 1.36. The van der Waals surface area contributed by atoms with Gasteiger partial charge in [-0.15, -0.1) is 0 Å². The topological polar surface area (TPSA) is 0 Å². The van der Waals surface area contributed by atoms with Crippen LogP contribution in [-0.4, -0.2) is 0 Å². The molecule has 0 amide bonds. The summed E-state index contributed by atoms with van der Waals surface area (Å²) in [7, 11) is 0. The molecule has 0 N–H and O–H groups in total. The van der Waals surface area contributed by atoms with E-state index in [0.717, 1.165) is 0 Å². The molecule has 0 saturated carbocycles. The molecule has 0 aromatic carbocycles. The number of hydrogen-bond acceptors (Lipinski definition) is 0. The van der Waals surface area contributed by atoms with E-state index in [1.165, 1.54) is 12.0 Å². The quantitative estimate of drug-likeness (QED) is 0.526. The van der Waals surface area contributed by atoms with E-state index < -0.39 is 0 Å². The largest absolute Gasteiger partial charge is 0.0788 e. The average molecular weight is 250 g/mol. The lowest BCUT2D eigenvalue weighted by atomic mass is 10.1. The maximum atomic E-state index is 2.30. The molecule has 0 aliphatic rings. The van der Waals surface area contributed by atoms with Crippen molar-refractivity contribution in [1.29, 1.82) is 0 Å². The highest BCUT2D eigenvalue weighted by Gasteiger charge is 1.91. The molecule has 0 aliphatic heterocycles. The van der Waals surface area contributed by atoms with Gasteiger partial charge in [0.05, 0.1) is 0 Å². The molecule has 0 aromatic rings. The third-order valence-electron chi connectivity index (χ3n) is 1.52. The van der Waals surface area contributed by atoms with Crippen molar-refractivity contribution in [2.45, 2.75) is 27.2 Å². The first kappa shape index (κ1) is 10.2. The Balaban J connectivity index is 3.89. The van der Waals surface area contributed by atoms with Crippen molar-refractivity contribution in [3.63, 3.8) is 0 Å². The lowest BCUT2D eigenvalue weighted by molar-refractivity contribution is 0.694. The third-order valence-corrected chi connectivity index (χ3v) is 1.88. The van der Waals surface area contributed by atoms with Crippen LogP contribution in [0.25, 0.3) is 0 Å². The summed E-state index contributed by atoms with van der Waals surface area (Å²) < 4.78 is 2.05. The van der Waals surface area contributed by atoms with Crippen LogP contribution in [0.2, 0.25) is 0 Å². The molecule has 0 fully saturated rings. The fraction of sp³-hybridized carbons (Fsp3) is 0.556. The molecule has 0 unspecified atom stereocenters. The van der Waals surface area contributed by atoms with E-state index >= 15 is 0 Å². The molecule has 0 spiro atoms. The predicted octanol–water partition coefficient (Wildman–Crippen LogP) is 3.93. The van der Waals surface area contributed by atoms with Crippen molar-refractivity contribution in [3.05, 3.63) is 21.8 Å². The SMILES string of the molecule is CC[C@H](C)/C=C(C)/C=C/I. The summed E-state index contributed by atoms with van der Waals surface area (Å²) in [5, 5.41) is 0. The van der Waals surface area contributed by atoms with Gasteiger partial charge in [-0.1, -0.05) is 60.6 Å². The minimum atomic E-state index is 0.715. The highest BCUT2D eigenvalue weighted by Crippen LogP contribution is 2.07. The molecule has 1 atom stereocenters. The van der Waals surface area contributed by atoms with Gasteiger partial charge in [-0.3, -0.25) is 0 Å². The van der Waals surface area contributed by atoms with Gasteiger partial charge < -0.3 is 0 Å². The van der Waals surface area contributed by atoms with Gasteiger partial charge in [-0.25, -0.2) is 0 Å². The van der Waals surface area contributed by atoms with Gasteiger partial charge in [0.1, 0.15) is 0 Å². The Labute approximate surface area is 77.5 Å². The van der Waals surface area contributed by atoms with Gasteiger partial charge >= 0.3 is 0 Å². The Morgan fingerprint density at radius 3 is 2.60 bits per heavy atom. The summed E-state index contributed by atoms with van der Waals surface area (Å²) in [4.78, 5) is 0. The lowest BCUT2D eigenvalue weighted by Crippen LogP contribution is -1.85. The Bertz CT molecular complexity index is 134. The van der Waals surface area contributed by atoms with Crippen LogP contribution in [-0.2, 0) is 0 Å². The van der Waals surface area contributed by atoms with Gasteiger partial charge in [0.15, 0.2) is 0 Å². The molecule has 0 rings (SSSR count). The van der Waals surface area contributed by atoms with Crippen molar-refractivity contribution in [3.8, 4) is 0 Å². The minimum absolute atomic E-state index is 0.715. The molecule has 10 heavy (non-hydrogen) atoms. The van der Waals surface area contributed by atoms with Crippen molar-refractivity contribution < 1.29 is 0 Å². The first-order valence-electron chi connectivity index (χ1n) is 3.65. The Kier molecular flexibility index (Phi) is 6.08. The second-order valence-electron chi connectivity index (χ2n) is 2.59. The third kappa shape index (κ3) is 5.03. The fourth-order valence-electron chi connectivity index (χ4n) is 0.722. The first-order valence-corrected chi connectivity index (χ1v) is 4.90. The van der Waals surface area contributed by atoms with Crippen molar-refractivity contribution in [2.24, 2.45) is 5.92 Å². The zero-order chi connectivity index (χ0) is 7.98. The number of rotatable bonds is 3. The van der Waals surface area contributed by atoms with Crippen LogP contribution >= 0.6 is 22.6 Å². The fourth-order valence-corrected chi connectivity index (χ4v) is 1.29. The zero-order valence-corrected chi connectivity index (χ0v) is 9.05. The smallest absolute Gasteiger partial charge is 0.0231 e.